The van der Waals surface area contributed by atoms with Crippen LogP contribution in [0.15, 0.2) is 0 Å². The minimum atomic E-state index is -0.760. The lowest BCUT2D eigenvalue weighted by atomic mass is 10.0. The molecule has 0 aromatic rings. The molecule has 0 aliphatic carbocycles. The fraction of sp³-hybridized carbons (Fsp3) is 0.960. The topological polar surface area (TPSA) is 72.8 Å². The van der Waals surface area contributed by atoms with Gasteiger partial charge in [0, 0.05) is 12.8 Å². The van der Waals surface area contributed by atoms with Gasteiger partial charge in [-0.3, -0.25) is 9.59 Å². The van der Waals surface area contributed by atoms with Crippen molar-refractivity contribution in [3.05, 3.63) is 0 Å². The predicted octanol–water partition coefficient (Wildman–Crippen LogP) is 16.2. The summed E-state index contributed by atoms with van der Waals surface area (Å²) in [5.41, 5.74) is 0. The number of hydrogen-bond donors (Lipinski definition) is 1. The molecule has 0 spiro atoms. The van der Waals surface area contributed by atoms with Gasteiger partial charge in [-0.05, 0) is 12.8 Å². The van der Waals surface area contributed by atoms with Crippen LogP contribution in [0.3, 0.4) is 0 Å². The Kier molecular flexibility index (Phi) is 46.3. The first-order valence-electron chi connectivity index (χ1n) is 25.1. The fourth-order valence-electron chi connectivity index (χ4n) is 7.85. The molecule has 5 heteroatoms. The highest BCUT2D eigenvalue weighted by molar-refractivity contribution is 5.70. The second-order valence-corrected chi connectivity index (χ2v) is 17.3. The summed E-state index contributed by atoms with van der Waals surface area (Å²) in [7, 11) is 0. The summed E-state index contributed by atoms with van der Waals surface area (Å²) in [6.07, 6.45) is 55.5. The Hall–Kier alpha value is -1.10. The number of hydrogen-bond acceptors (Lipinski definition) is 5. The maximum Gasteiger partial charge on any atom is 0.306 e. The maximum atomic E-state index is 12.2. The fourth-order valence-corrected chi connectivity index (χ4v) is 7.85. The quantitative estimate of drug-likeness (QED) is 0.0492. The van der Waals surface area contributed by atoms with Gasteiger partial charge in [0.2, 0.25) is 0 Å². The van der Waals surface area contributed by atoms with Crippen molar-refractivity contribution in [1.29, 1.82) is 0 Å². The molecule has 0 radical (unpaired) electrons. The molecule has 5 nitrogen and oxygen atoms in total. The molecule has 0 aromatic carbocycles. The van der Waals surface area contributed by atoms with Crippen LogP contribution in [0.2, 0.25) is 0 Å². The lowest BCUT2D eigenvalue weighted by molar-refractivity contribution is -0.161. The molecule has 1 N–H and O–H groups in total. The molecule has 0 amide bonds. The summed E-state index contributed by atoms with van der Waals surface area (Å²) in [5, 5.41) is 9.51. The van der Waals surface area contributed by atoms with E-state index >= 15 is 0 Å². The zero-order chi connectivity index (χ0) is 40.0. The number of rotatable bonds is 47. The lowest BCUT2D eigenvalue weighted by Gasteiger charge is -2.15. The number of aliphatic hydroxyl groups is 1. The van der Waals surface area contributed by atoms with Crippen molar-refractivity contribution in [1.82, 2.24) is 0 Å². The summed E-state index contributed by atoms with van der Waals surface area (Å²) in [6.45, 7) is 4.11. The van der Waals surface area contributed by atoms with E-state index in [1.165, 1.54) is 225 Å². The minimum absolute atomic E-state index is 0.0589. The van der Waals surface area contributed by atoms with Gasteiger partial charge in [-0.15, -0.1) is 0 Å². The zero-order valence-corrected chi connectivity index (χ0v) is 37.5. The minimum Gasteiger partial charge on any atom is -0.462 e. The maximum absolute atomic E-state index is 12.2. The third-order valence-corrected chi connectivity index (χ3v) is 11.7. The number of aliphatic hydroxyl groups excluding tert-OH is 1. The van der Waals surface area contributed by atoms with Crippen LogP contribution in [0.25, 0.3) is 0 Å². The van der Waals surface area contributed by atoms with E-state index in [0.717, 1.165) is 38.5 Å². The molecule has 0 heterocycles. The molecule has 0 saturated heterocycles. The standard InChI is InChI=1S/C50H98O5/c1-3-5-7-9-11-12-13-14-15-16-17-18-19-20-21-22-23-24-25-26-27-28-29-30-31-32-33-34-35-36-37-38-39-41-43-45-50(53)55-48(46-51)47-54-49(52)44-42-40-10-8-6-4-2/h48,51H,3-47H2,1-2H3. The average molecular weight is 779 g/mol. The summed E-state index contributed by atoms with van der Waals surface area (Å²) < 4.78 is 10.5. The SMILES string of the molecule is CCCCCCCCCCCCCCCCCCCCCCCCCCCCCCCCCCCCCC(=O)OC(CO)COC(=O)CCCCCCCC. The molecule has 1 unspecified atom stereocenters. The van der Waals surface area contributed by atoms with E-state index in [1.54, 1.807) is 0 Å². The Labute approximate surface area is 344 Å². The number of ether oxygens (including phenoxy) is 2. The molecule has 0 aromatic heterocycles. The first-order valence-corrected chi connectivity index (χ1v) is 25.1. The first kappa shape index (κ1) is 53.9. The van der Waals surface area contributed by atoms with Crippen molar-refractivity contribution in [3.63, 3.8) is 0 Å². The number of esters is 2. The second kappa shape index (κ2) is 47.3. The van der Waals surface area contributed by atoms with Crippen LogP contribution in [0.5, 0.6) is 0 Å². The highest BCUT2D eigenvalue weighted by atomic mass is 16.6. The average Bonchev–Trinajstić information content (AvgIpc) is 3.19. The van der Waals surface area contributed by atoms with Gasteiger partial charge in [-0.25, -0.2) is 0 Å². The van der Waals surface area contributed by atoms with Crippen molar-refractivity contribution in [2.75, 3.05) is 13.2 Å². The van der Waals surface area contributed by atoms with Crippen molar-refractivity contribution in [2.45, 2.75) is 296 Å². The van der Waals surface area contributed by atoms with Gasteiger partial charge < -0.3 is 14.6 Å². The van der Waals surface area contributed by atoms with Crippen molar-refractivity contribution in [3.8, 4) is 0 Å². The molecule has 0 fully saturated rings. The van der Waals surface area contributed by atoms with Gasteiger partial charge in [0.25, 0.3) is 0 Å². The molecule has 0 rings (SSSR count). The smallest absolute Gasteiger partial charge is 0.306 e. The van der Waals surface area contributed by atoms with Crippen LogP contribution in [0.1, 0.15) is 290 Å². The largest absolute Gasteiger partial charge is 0.462 e. The van der Waals surface area contributed by atoms with Gasteiger partial charge in [-0.1, -0.05) is 264 Å². The highest BCUT2D eigenvalue weighted by Gasteiger charge is 2.16. The second-order valence-electron chi connectivity index (χ2n) is 17.3. The Morgan fingerprint density at radius 2 is 0.564 bits per heavy atom. The third-order valence-electron chi connectivity index (χ3n) is 11.7. The first-order chi connectivity index (χ1) is 27.1. The van der Waals surface area contributed by atoms with E-state index in [1.807, 2.05) is 0 Å². The normalized spacial score (nSPS) is 12.0. The van der Waals surface area contributed by atoms with Crippen LogP contribution < -0.4 is 0 Å². The van der Waals surface area contributed by atoms with E-state index in [9.17, 15) is 14.7 Å². The lowest BCUT2D eigenvalue weighted by Crippen LogP contribution is -2.28. The molecule has 0 bridgehead atoms. The van der Waals surface area contributed by atoms with Gasteiger partial charge in [0.05, 0.1) is 6.61 Å². The van der Waals surface area contributed by atoms with Gasteiger partial charge >= 0.3 is 11.9 Å². The van der Waals surface area contributed by atoms with Crippen LogP contribution in [0, 0.1) is 0 Å². The van der Waals surface area contributed by atoms with Crippen molar-refractivity contribution < 1.29 is 24.2 Å². The van der Waals surface area contributed by atoms with E-state index in [4.69, 9.17) is 9.47 Å². The Balaban J connectivity index is 3.28. The Morgan fingerprint density at radius 1 is 0.345 bits per heavy atom. The van der Waals surface area contributed by atoms with Crippen molar-refractivity contribution in [2.24, 2.45) is 0 Å². The van der Waals surface area contributed by atoms with E-state index in [0.29, 0.717) is 12.8 Å². The number of unbranched alkanes of at least 4 members (excludes halogenated alkanes) is 39. The molecule has 1 atom stereocenters. The van der Waals surface area contributed by atoms with E-state index in [2.05, 4.69) is 13.8 Å². The zero-order valence-electron chi connectivity index (χ0n) is 37.5. The van der Waals surface area contributed by atoms with Crippen LogP contribution in [-0.4, -0.2) is 36.4 Å². The molecular formula is C50H98O5. The molecular weight excluding hydrogens is 681 g/mol. The predicted molar refractivity (Wildman–Crippen MR) is 238 cm³/mol. The molecule has 328 valence electrons. The number of carbonyl (C=O) groups is 2. The van der Waals surface area contributed by atoms with Gasteiger partial charge in [0.1, 0.15) is 6.61 Å². The molecule has 0 aliphatic rings. The summed E-state index contributed by atoms with van der Waals surface area (Å²) >= 11 is 0. The third kappa shape index (κ3) is 45.5. The van der Waals surface area contributed by atoms with Crippen LogP contribution in [0.4, 0.5) is 0 Å². The van der Waals surface area contributed by atoms with E-state index in [-0.39, 0.29) is 25.2 Å². The molecule has 0 saturated carbocycles. The van der Waals surface area contributed by atoms with Gasteiger partial charge in [0.15, 0.2) is 6.10 Å². The monoisotopic (exact) mass is 779 g/mol. The summed E-state index contributed by atoms with van der Waals surface area (Å²) in [5.74, 6) is -0.585. The molecule has 55 heavy (non-hydrogen) atoms. The van der Waals surface area contributed by atoms with Crippen LogP contribution in [-0.2, 0) is 19.1 Å². The highest BCUT2D eigenvalue weighted by Crippen LogP contribution is 2.18. The molecule has 0 aliphatic heterocycles. The number of carbonyl (C=O) groups excluding carboxylic acids is 2. The Bertz CT molecular complexity index is 754. The summed E-state index contributed by atoms with van der Waals surface area (Å²) in [4.78, 5) is 24.1. The van der Waals surface area contributed by atoms with E-state index < -0.39 is 6.10 Å². The summed E-state index contributed by atoms with van der Waals surface area (Å²) in [6, 6.07) is 0. The van der Waals surface area contributed by atoms with Crippen molar-refractivity contribution >= 4 is 11.9 Å². The van der Waals surface area contributed by atoms with Gasteiger partial charge in [-0.2, -0.15) is 0 Å². The Morgan fingerprint density at radius 3 is 0.800 bits per heavy atom. The van der Waals surface area contributed by atoms with Crippen LogP contribution >= 0.6 is 0 Å².